The van der Waals surface area contributed by atoms with Crippen molar-refractivity contribution in [3.63, 3.8) is 0 Å². The maximum absolute atomic E-state index is 11.9. The summed E-state index contributed by atoms with van der Waals surface area (Å²) < 4.78 is 36.3. The van der Waals surface area contributed by atoms with Crippen LogP contribution >= 0.6 is 15.6 Å². The van der Waals surface area contributed by atoms with Gasteiger partial charge in [0.15, 0.2) is 0 Å². The topological polar surface area (TPSA) is 102 Å². The second-order valence-electron chi connectivity index (χ2n) is 4.20. The third-order valence-corrected chi connectivity index (χ3v) is 4.92. The molecule has 1 atom stereocenters. The van der Waals surface area contributed by atoms with Crippen molar-refractivity contribution in [1.29, 1.82) is 0 Å². The lowest BCUT2D eigenvalue weighted by molar-refractivity contribution is 0.147. The summed E-state index contributed by atoms with van der Waals surface area (Å²) in [5.41, 5.74) is 0. The Morgan fingerprint density at radius 1 is 1.05 bits per heavy atom. The van der Waals surface area contributed by atoms with Crippen LogP contribution < -0.4 is 0 Å². The van der Waals surface area contributed by atoms with Crippen LogP contribution in [0.1, 0.15) is 45.4 Å². The van der Waals surface area contributed by atoms with Crippen molar-refractivity contribution in [3.8, 4) is 0 Å². The van der Waals surface area contributed by atoms with Crippen molar-refractivity contribution in [2.24, 2.45) is 0 Å². The third-order valence-electron chi connectivity index (χ3n) is 2.30. The van der Waals surface area contributed by atoms with E-state index in [1.165, 1.54) is 12.5 Å². The van der Waals surface area contributed by atoms with E-state index in [1.807, 2.05) is 0 Å². The van der Waals surface area contributed by atoms with E-state index in [9.17, 15) is 9.13 Å². The molecule has 1 unspecified atom stereocenters. The summed E-state index contributed by atoms with van der Waals surface area (Å²) in [6.07, 6.45) is 7.27. The lowest BCUT2D eigenvalue weighted by Gasteiger charge is -2.17. The SMILES string of the molecule is C=CCOP(=O)(OCCCCCCCC)OP(=O)(O)O. The maximum atomic E-state index is 11.9. The highest BCUT2D eigenvalue weighted by Gasteiger charge is 2.35. The number of hydrogen-bond donors (Lipinski definition) is 2. The average Bonchev–Trinajstić information content (AvgIpc) is 2.33. The molecule has 2 N–H and O–H groups in total. The summed E-state index contributed by atoms with van der Waals surface area (Å²) in [4.78, 5) is 17.4. The van der Waals surface area contributed by atoms with Gasteiger partial charge in [-0.3, -0.25) is 9.05 Å². The lowest BCUT2D eigenvalue weighted by atomic mass is 10.1. The molecule has 0 aliphatic rings. The van der Waals surface area contributed by atoms with Crippen LogP contribution in [-0.4, -0.2) is 23.0 Å². The van der Waals surface area contributed by atoms with E-state index in [4.69, 9.17) is 18.8 Å². The maximum Gasteiger partial charge on any atom is 0.484 e. The third kappa shape index (κ3) is 11.8. The number of unbranched alkanes of at least 4 members (excludes halogenated alkanes) is 5. The van der Waals surface area contributed by atoms with Gasteiger partial charge in [-0.2, -0.15) is 4.31 Å². The quantitative estimate of drug-likeness (QED) is 0.301. The molecule has 7 nitrogen and oxygen atoms in total. The lowest BCUT2D eigenvalue weighted by Crippen LogP contribution is -2.01. The van der Waals surface area contributed by atoms with E-state index in [1.54, 1.807) is 0 Å². The minimum atomic E-state index is -4.95. The Kier molecular flexibility index (Phi) is 10.7. The molecule has 0 amide bonds. The molecule has 0 spiro atoms. The van der Waals surface area contributed by atoms with Gasteiger partial charge in [-0.1, -0.05) is 45.1 Å². The van der Waals surface area contributed by atoms with Gasteiger partial charge in [-0.15, -0.1) is 6.58 Å². The Bertz CT molecular complexity index is 353. The van der Waals surface area contributed by atoms with Crippen LogP contribution in [0.15, 0.2) is 12.7 Å². The van der Waals surface area contributed by atoms with Crippen molar-refractivity contribution in [2.45, 2.75) is 45.4 Å². The van der Waals surface area contributed by atoms with Gasteiger partial charge in [-0.05, 0) is 6.42 Å². The fourth-order valence-electron chi connectivity index (χ4n) is 1.42. The summed E-state index contributed by atoms with van der Waals surface area (Å²) in [6.45, 7) is 5.34. The minimum absolute atomic E-state index is 0.0561. The van der Waals surface area contributed by atoms with Crippen LogP contribution in [0.5, 0.6) is 0 Å². The van der Waals surface area contributed by atoms with E-state index >= 15 is 0 Å². The van der Waals surface area contributed by atoms with Crippen molar-refractivity contribution < 1.29 is 32.3 Å². The second-order valence-corrected chi connectivity index (χ2v) is 7.25. The molecule has 0 aromatic heterocycles. The summed E-state index contributed by atoms with van der Waals surface area (Å²) in [7, 11) is -9.20. The summed E-state index contributed by atoms with van der Waals surface area (Å²) in [5.74, 6) is 0. The Morgan fingerprint density at radius 3 is 2.20 bits per heavy atom. The largest absolute Gasteiger partial charge is 0.484 e. The molecule has 0 saturated heterocycles. The van der Waals surface area contributed by atoms with Crippen molar-refractivity contribution in [1.82, 2.24) is 0 Å². The first-order valence-electron chi connectivity index (χ1n) is 6.60. The zero-order valence-electron chi connectivity index (χ0n) is 11.8. The molecule has 0 bridgehead atoms. The molecule has 0 rings (SSSR count). The Labute approximate surface area is 120 Å². The smallest absolute Gasteiger partial charge is 0.302 e. The summed E-state index contributed by atoms with van der Waals surface area (Å²) in [6, 6.07) is 0. The minimum Gasteiger partial charge on any atom is -0.302 e. The van der Waals surface area contributed by atoms with Crippen LogP contribution in [0.3, 0.4) is 0 Å². The molecular weight excluding hydrogens is 306 g/mol. The van der Waals surface area contributed by atoms with Gasteiger partial charge in [-0.25, -0.2) is 9.13 Å². The van der Waals surface area contributed by atoms with Crippen LogP contribution in [-0.2, 0) is 22.5 Å². The predicted molar refractivity (Wildman–Crippen MR) is 76.2 cm³/mol. The second kappa shape index (κ2) is 10.7. The number of hydrogen-bond acceptors (Lipinski definition) is 5. The average molecular weight is 330 g/mol. The van der Waals surface area contributed by atoms with Gasteiger partial charge in [0.25, 0.3) is 0 Å². The molecule has 9 heteroatoms. The van der Waals surface area contributed by atoms with Gasteiger partial charge in [0.1, 0.15) is 0 Å². The van der Waals surface area contributed by atoms with E-state index in [-0.39, 0.29) is 13.2 Å². The fourth-order valence-corrected chi connectivity index (χ4v) is 3.55. The standard InChI is InChI=1S/C11H24O7P2/c1-3-5-6-7-8-9-11-17-20(15,16-10-4-2)18-19(12,13)14/h4H,2-3,5-11H2,1H3,(H2,12,13,14). The summed E-state index contributed by atoms with van der Waals surface area (Å²) in [5, 5.41) is 0. The molecule has 0 aliphatic carbocycles. The molecule has 0 fully saturated rings. The van der Waals surface area contributed by atoms with E-state index in [0.717, 1.165) is 25.7 Å². The van der Waals surface area contributed by atoms with Gasteiger partial charge in [0.05, 0.1) is 13.2 Å². The molecular formula is C11H24O7P2. The number of phosphoric acid groups is 2. The van der Waals surface area contributed by atoms with E-state index in [0.29, 0.717) is 6.42 Å². The summed E-state index contributed by atoms with van der Waals surface area (Å²) >= 11 is 0. The Hall–Kier alpha value is -0.0000000000000000416. The van der Waals surface area contributed by atoms with E-state index < -0.39 is 15.6 Å². The van der Waals surface area contributed by atoms with Crippen molar-refractivity contribution in [2.75, 3.05) is 13.2 Å². The van der Waals surface area contributed by atoms with Crippen LogP contribution in [0.2, 0.25) is 0 Å². The fraction of sp³-hybridized carbons (Fsp3) is 0.818. The molecule has 0 aromatic carbocycles. The van der Waals surface area contributed by atoms with Crippen LogP contribution in [0, 0.1) is 0 Å². The van der Waals surface area contributed by atoms with E-state index in [2.05, 4.69) is 17.8 Å². The van der Waals surface area contributed by atoms with Gasteiger partial charge >= 0.3 is 15.6 Å². The normalized spacial score (nSPS) is 14.9. The first kappa shape index (κ1) is 20.0. The van der Waals surface area contributed by atoms with Gasteiger partial charge in [0.2, 0.25) is 0 Å². The molecule has 120 valence electrons. The highest BCUT2D eigenvalue weighted by molar-refractivity contribution is 7.61. The predicted octanol–water partition coefficient (Wildman–Crippen LogP) is 3.78. The van der Waals surface area contributed by atoms with Crippen molar-refractivity contribution >= 4 is 15.6 Å². The molecule has 0 saturated carbocycles. The highest BCUT2D eigenvalue weighted by Crippen LogP contribution is 2.61. The zero-order valence-corrected chi connectivity index (χ0v) is 13.6. The van der Waals surface area contributed by atoms with Gasteiger partial charge < -0.3 is 9.79 Å². The number of phosphoric ester groups is 1. The first-order valence-corrected chi connectivity index (χ1v) is 9.59. The Morgan fingerprint density at radius 2 is 1.65 bits per heavy atom. The molecule has 20 heavy (non-hydrogen) atoms. The molecule has 0 aromatic rings. The van der Waals surface area contributed by atoms with Crippen LogP contribution in [0.25, 0.3) is 0 Å². The molecule has 0 radical (unpaired) electrons. The molecule has 0 aliphatic heterocycles. The van der Waals surface area contributed by atoms with Crippen molar-refractivity contribution in [3.05, 3.63) is 12.7 Å². The number of rotatable bonds is 13. The monoisotopic (exact) mass is 330 g/mol. The Balaban J connectivity index is 4.07. The van der Waals surface area contributed by atoms with Gasteiger partial charge in [0, 0.05) is 0 Å². The zero-order chi connectivity index (χ0) is 15.5. The highest BCUT2D eigenvalue weighted by atomic mass is 31.3. The molecule has 0 heterocycles. The van der Waals surface area contributed by atoms with Crippen LogP contribution in [0.4, 0.5) is 0 Å². The first-order chi connectivity index (χ1) is 9.33.